The van der Waals surface area contributed by atoms with E-state index in [1.165, 1.54) is 65.6 Å². The Kier molecular flexibility index (Phi) is 34.8. The Bertz CT molecular complexity index is 5410. The Labute approximate surface area is 789 Å². The summed E-state index contributed by atoms with van der Waals surface area (Å²) in [6.45, 7) is 2.52. The van der Waals surface area contributed by atoms with E-state index >= 15 is 24.0 Å². The van der Waals surface area contributed by atoms with Crippen molar-refractivity contribution >= 4 is 51.4 Å². The van der Waals surface area contributed by atoms with E-state index in [1.54, 1.807) is 146 Å². The molecule has 16 rings (SSSR count). The molecule has 10 aromatic rings. The van der Waals surface area contributed by atoms with Gasteiger partial charge in [0, 0.05) is 46.9 Å². The first-order valence-corrected chi connectivity index (χ1v) is 46.1. The molecule has 0 N–H and O–H groups in total. The van der Waals surface area contributed by atoms with Gasteiger partial charge in [0.2, 0.25) is 0 Å². The first-order chi connectivity index (χ1) is 66.7. The normalized spacial score (nSPS) is 26.8. The van der Waals surface area contributed by atoms with Crippen LogP contribution < -0.4 is 0 Å². The third-order valence-corrected chi connectivity index (χ3v) is 23.9. The van der Waals surface area contributed by atoms with E-state index < -0.39 is 184 Å². The van der Waals surface area contributed by atoms with E-state index in [-0.39, 0.29) is 92.7 Å². The van der Waals surface area contributed by atoms with Crippen LogP contribution in [0.4, 0.5) is 4.79 Å². The van der Waals surface area contributed by atoms with Crippen LogP contribution in [-0.2, 0) is 117 Å². The number of rotatable bonds is 39. The maximum atomic E-state index is 15.8. The minimum atomic E-state index is -2.06. The molecule has 6 aliphatic heterocycles. The molecule has 136 heavy (non-hydrogen) atoms. The first-order valence-electron chi connectivity index (χ1n) is 45.6. The number of carbonyl (C=O) groups is 7. The predicted molar refractivity (Wildman–Crippen MR) is 489 cm³/mol. The number of esters is 6. The molecule has 10 aromatic carbocycles. The highest BCUT2D eigenvalue weighted by Crippen LogP contribution is 2.45. The highest BCUT2D eigenvalue weighted by molar-refractivity contribution is 7.09. The molecular weight excluding hydrogens is 1770 g/mol. The lowest BCUT2D eigenvalue weighted by Gasteiger charge is -2.53. The van der Waals surface area contributed by atoms with Crippen molar-refractivity contribution in [2.75, 3.05) is 52.8 Å². The molecule has 23 atom stereocenters. The van der Waals surface area contributed by atoms with Crippen molar-refractivity contribution in [2.45, 2.75) is 188 Å². The van der Waals surface area contributed by atoms with Crippen LogP contribution in [0.2, 0.25) is 0 Å². The van der Waals surface area contributed by atoms with E-state index in [1.807, 2.05) is 111 Å². The van der Waals surface area contributed by atoms with E-state index in [9.17, 15) is 9.59 Å². The summed E-state index contributed by atoms with van der Waals surface area (Å²) in [5.74, 6) is -5.67. The minimum Gasteiger partial charge on any atom is -0.452 e. The van der Waals surface area contributed by atoms with Crippen LogP contribution in [0.25, 0.3) is 0 Å². The molecule has 6 saturated heterocycles. The summed E-state index contributed by atoms with van der Waals surface area (Å²) in [4.78, 5) is 108. The van der Waals surface area contributed by atoms with Crippen LogP contribution in [0.1, 0.15) is 137 Å². The lowest BCUT2D eigenvalue weighted by Crippen LogP contribution is -2.70. The molecule has 6 heterocycles. The van der Waals surface area contributed by atoms with Gasteiger partial charge in [-0.3, -0.25) is 0 Å². The molecule has 0 saturated carbocycles. The molecule has 30 nitrogen and oxygen atoms in total. The second-order valence-corrected chi connectivity index (χ2v) is 33.3. The topological polar surface area (TPSA) is 326 Å². The highest BCUT2D eigenvalue weighted by Gasteiger charge is 2.63. The standard InChI is InChI=1S/C105H108NO29P/c1-3-5-58-114-63-77-81(85(124-93(107)69-41-21-9-22-42-69)89(126-95(109)71-45-25-11-26-46-71)101(120-77)116-60-57-106(61-67-37-17-7-18-38-67)105(113)119-62-68-39-19-8-20-40-68)132-102-91(128-97(111)73-49-29-13-30-50-73)87(83-79(122-102)65-117-99(130-83)75-53-33-15-34-54-75)134-103-90(127-96(110)72-47-27-12-28-48-72)86(125-94(108)70-43-23-10-24-44-70)82(78(121-103)64-115-59-6-4-2)133-104-92(129-98(112)74-51-31-14-32-52-74)88(135-136)84-80(123-104)66-118-100(131-84)76-55-35-16-36-56-76/h7-56,77-92,99-104H,3-6,57-66,136H2,1-2H3. The SMILES string of the molecule is CCCCOCC1OC(OCCN(Cc2ccccc2)C(=O)OCc2ccccc2)C(OC(=O)c2ccccc2)C(OC(=O)c2ccccc2)C1OC1OC2COC(c3ccccc3)OC2C(OC2OC(COCCCC)C(OC3OC4COC(c5ccccc5)OC4C(OP)C3OC(=O)c3ccccc3)C(OC(=O)c3ccccc3)C2OC(=O)c2ccccc2)C1OC(=O)c1ccccc1. The average Bonchev–Trinajstić information content (AvgIpc) is 0.750. The van der Waals surface area contributed by atoms with Gasteiger partial charge >= 0.3 is 41.9 Å². The number of nitrogens with zero attached hydrogens (tertiary/aromatic N) is 1. The zero-order chi connectivity index (χ0) is 93.9. The zero-order valence-corrected chi connectivity index (χ0v) is 76.0. The molecule has 1 amide bonds. The van der Waals surface area contributed by atoms with Gasteiger partial charge in [-0.05, 0) is 96.8 Å². The fraction of sp³-hybridized carbons (Fsp3) is 0.362. The van der Waals surface area contributed by atoms with Gasteiger partial charge in [-0.1, -0.05) is 257 Å². The molecule has 0 radical (unpaired) electrons. The van der Waals surface area contributed by atoms with Crippen LogP contribution in [-0.4, -0.2) is 222 Å². The van der Waals surface area contributed by atoms with E-state index in [4.69, 9.17) is 104 Å². The third kappa shape index (κ3) is 25.1. The number of hydrogen-bond acceptors (Lipinski definition) is 29. The van der Waals surface area contributed by atoms with Gasteiger partial charge in [-0.2, -0.15) is 0 Å². The summed E-state index contributed by atoms with van der Waals surface area (Å²) in [6, 6.07) is 84.7. The fourth-order valence-electron chi connectivity index (χ4n) is 16.6. The number of amides is 1. The van der Waals surface area contributed by atoms with Crippen LogP contribution in [0.5, 0.6) is 0 Å². The van der Waals surface area contributed by atoms with E-state index in [0.717, 1.165) is 11.1 Å². The van der Waals surface area contributed by atoms with Crippen LogP contribution in [0, 0.1) is 0 Å². The van der Waals surface area contributed by atoms with Gasteiger partial charge in [-0.25, -0.2) is 33.6 Å². The van der Waals surface area contributed by atoms with Crippen LogP contribution in [0.15, 0.2) is 303 Å². The lowest BCUT2D eigenvalue weighted by atomic mass is 9.94. The Morgan fingerprint density at radius 3 is 1.01 bits per heavy atom. The smallest absolute Gasteiger partial charge is 0.410 e. The molecule has 31 heteroatoms. The van der Waals surface area contributed by atoms with Crippen LogP contribution >= 0.6 is 9.47 Å². The average molecular weight is 1880 g/mol. The van der Waals surface area contributed by atoms with E-state index in [0.29, 0.717) is 36.8 Å². The van der Waals surface area contributed by atoms with Gasteiger partial charge < -0.3 is 109 Å². The molecular formula is C105H108NO29P. The largest absolute Gasteiger partial charge is 0.452 e. The highest BCUT2D eigenvalue weighted by atomic mass is 31.0. The molecule has 712 valence electrons. The quantitative estimate of drug-likeness (QED) is 0.0149. The maximum absolute atomic E-state index is 15.8. The van der Waals surface area contributed by atoms with Crippen molar-refractivity contribution in [1.29, 1.82) is 0 Å². The summed E-state index contributed by atoms with van der Waals surface area (Å²) in [7, 11) is 2.25. The van der Waals surface area contributed by atoms with Crippen molar-refractivity contribution in [1.82, 2.24) is 4.90 Å². The molecule has 6 fully saturated rings. The second kappa shape index (κ2) is 48.7. The Morgan fingerprint density at radius 2 is 0.640 bits per heavy atom. The van der Waals surface area contributed by atoms with Crippen LogP contribution in [0.3, 0.4) is 0 Å². The van der Waals surface area contributed by atoms with Crippen molar-refractivity contribution in [3.63, 3.8) is 0 Å². The summed E-state index contributed by atoms with van der Waals surface area (Å²) in [5.41, 5.74) is 2.97. The fourth-order valence-corrected chi connectivity index (χ4v) is 16.9. The number of unbranched alkanes of at least 4 members (excludes halogenated alkanes) is 2. The summed E-state index contributed by atoms with van der Waals surface area (Å²) in [6.07, 6.45) is -33.6. The predicted octanol–water partition coefficient (Wildman–Crippen LogP) is 15.3. The monoisotopic (exact) mass is 1880 g/mol. The maximum Gasteiger partial charge on any atom is 0.410 e. The van der Waals surface area contributed by atoms with E-state index in [2.05, 4.69) is 9.47 Å². The van der Waals surface area contributed by atoms with Gasteiger partial charge in [0.05, 0.1) is 66.4 Å². The molecule has 23 unspecified atom stereocenters. The zero-order valence-electron chi connectivity index (χ0n) is 74.8. The van der Waals surface area contributed by atoms with Gasteiger partial charge in [0.25, 0.3) is 0 Å². The minimum absolute atomic E-state index is 0.000734. The lowest BCUT2D eigenvalue weighted by molar-refractivity contribution is -0.410. The third-order valence-electron chi connectivity index (χ3n) is 23.6. The van der Waals surface area contributed by atoms with Crippen molar-refractivity contribution in [3.8, 4) is 0 Å². The Morgan fingerprint density at radius 1 is 0.331 bits per heavy atom. The number of benzene rings is 10. The molecule has 0 aliphatic carbocycles. The molecule has 0 bridgehead atoms. The summed E-state index contributed by atoms with van der Waals surface area (Å²) < 4.78 is 151. The number of ether oxygens (including phenoxy) is 21. The number of hydrogen-bond donors (Lipinski definition) is 0. The van der Waals surface area contributed by atoms with Crippen molar-refractivity contribution < 1.29 is 138 Å². The van der Waals surface area contributed by atoms with Crippen molar-refractivity contribution in [2.24, 2.45) is 0 Å². The van der Waals surface area contributed by atoms with Gasteiger partial charge in [0.15, 0.2) is 74.4 Å². The second-order valence-electron chi connectivity index (χ2n) is 33.0. The Hall–Kier alpha value is -11.9. The van der Waals surface area contributed by atoms with Gasteiger partial charge in [-0.15, -0.1) is 0 Å². The van der Waals surface area contributed by atoms with Crippen molar-refractivity contribution in [3.05, 3.63) is 359 Å². The number of carbonyl (C=O) groups excluding carboxylic acids is 7. The Balaban J connectivity index is 0.832. The van der Waals surface area contributed by atoms with Gasteiger partial charge in [0.1, 0.15) is 67.6 Å². The summed E-state index contributed by atoms with van der Waals surface area (Å²) >= 11 is 0. The first kappa shape index (κ1) is 97.2. The summed E-state index contributed by atoms with van der Waals surface area (Å²) in [5, 5.41) is 0. The molecule has 6 aliphatic rings. The molecule has 0 aromatic heterocycles. The molecule has 0 spiro atoms. The number of fused-ring (bicyclic) bond motifs is 2.